The van der Waals surface area contributed by atoms with Gasteiger partial charge in [0.2, 0.25) is 5.91 Å². The normalized spacial score (nSPS) is 20.7. The molecule has 2 rings (SSSR count). The number of nitrogens with one attached hydrogen (secondary N) is 2. The van der Waals surface area contributed by atoms with Crippen LogP contribution in [-0.4, -0.2) is 30.6 Å². The van der Waals surface area contributed by atoms with Gasteiger partial charge in [-0.1, -0.05) is 0 Å². The molecular formula is C13H16N2O4. The number of carbonyl (C=O) groups is 2. The molecule has 1 atom stereocenters. The fourth-order valence-electron chi connectivity index (χ4n) is 2.12. The Kier molecular flexibility index (Phi) is 3.44. The van der Waals surface area contributed by atoms with Crippen molar-refractivity contribution in [1.29, 1.82) is 0 Å². The first-order valence-corrected chi connectivity index (χ1v) is 5.94. The first-order chi connectivity index (χ1) is 8.97. The average molecular weight is 264 g/mol. The molecule has 1 heterocycles. The number of hydrogen-bond donors (Lipinski definition) is 3. The van der Waals surface area contributed by atoms with Crippen LogP contribution in [0, 0.1) is 0 Å². The molecule has 1 aliphatic heterocycles. The Morgan fingerprint density at radius 3 is 2.89 bits per heavy atom. The molecule has 1 unspecified atom stereocenters. The van der Waals surface area contributed by atoms with Gasteiger partial charge >= 0.3 is 0 Å². The van der Waals surface area contributed by atoms with E-state index in [0.29, 0.717) is 17.0 Å². The Morgan fingerprint density at radius 1 is 1.53 bits per heavy atom. The molecule has 6 nitrogen and oxygen atoms in total. The summed E-state index contributed by atoms with van der Waals surface area (Å²) in [6.07, 6.45) is 0.110. The predicted molar refractivity (Wildman–Crippen MR) is 68.8 cm³/mol. The van der Waals surface area contributed by atoms with E-state index in [0.717, 1.165) is 0 Å². The molecule has 0 saturated carbocycles. The van der Waals surface area contributed by atoms with E-state index in [1.165, 1.54) is 14.0 Å². The van der Waals surface area contributed by atoms with Gasteiger partial charge in [0.15, 0.2) is 5.60 Å². The van der Waals surface area contributed by atoms with E-state index in [4.69, 9.17) is 4.74 Å². The zero-order valence-corrected chi connectivity index (χ0v) is 10.8. The van der Waals surface area contributed by atoms with Gasteiger partial charge in [0.05, 0.1) is 7.11 Å². The standard InChI is InChI=1S/C13H16N2O4/c1-8(16)14-6-5-13(18)10-7-9(19-2)3-4-11(10)15-12(13)17/h3-4,7,18H,5-6H2,1-2H3,(H,14,16)(H,15,17). The summed E-state index contributed by atoms with van der Waals surface area (Å²) in [5.74, 6) is -0.123. The second-order valence-electron chi connectivity index (χ2n) is 4.46. The first-order valence-electron chi connectivity index (χ1n) is 5.94. The van der Waals surface area contributed by atoms with Crippen molar-refractivity contribution in [2.75, 3.05) is 19.0 Å². The minimum atomic E-state index is -1.63. The molecule has 0 radical (unpaired) electrons. The van der Waals surface area contributed by atoms with E-state index in [1.54, 1.807) is 18.2 Å². The van der Waals surface area contributed by atoms with Crippen molar-refractivity contribution in [2.45, 2.75) is 18.9 Å². The number of hydrogen-bond acceptors (Lipinski definition) is 4. The van der Waals surface area contributed by atoms with Crippen LogP contribution in [-0.2, 0) is 15.2 Å². The molecule has 0 aromatic heterocycles. The number of aliphatic hydroxyl groups is 1. The van der Waals surface area contributed by atoms with Crippen LogP contribution in [0.25, 0.3) is 0 Å². The molecule has 0 spiro atoms. The lowest BCUT2D eigenvalue weighted by atomic mass is 9.91. The molecule has 0 bridgehead atoms. The molecule has 2 amide bonds. The lowest BCUT2D eigenvalue weighted by Gasteiger charge is -2.21. The maximum absolute atomic E-state index is 11.9. The third-order valence-corrected chi connectivity index (χ3v) is 3.16. The van der Waals surface area contributed by atoms with Crippen molar-refractivity contribution in [2.24, 2.45) is 0 Å². The van der Waals surface area contributed by atoms with Crippen molar-refractivity contribution in [1.82, 2.24) is 5.32 Å². The number of benzene rings is 1. The molecule has 102 valence electrons. The van der Waals surface area contributed by atoms with Gasteiger partial charge in [-0.3, -0.25) is 9.59 Å². The van der Waals surface area contributed by atoms with Gasteiger partial charge in [-0.25, -0.2) is 0 Å². The van der Waals surface area contributed by atoms with Gasteiger partial charge in [-0.2, -0.15) is 0 Å². The van der Waals surface area contributed by atoms with Crippen LogP contribution in [0.1, 0.15) is 18.9 Å². The quantitative estimate of drug-likeness (QED) is 0.732. The Morgan fingerprint density at radius 2 is 2.26 bits per heavy atom. The average Bonchev–Trinajstić information content (AvgIpc) is 2.61. The fourth-order valence-corrected chi connectivity index (χ4v) is 2.12. The van der Waals surface area contributed by atoms with Gasteiger partial charge in [0, 0.05) is 31.1 Å². The van der Waals surface area contributed by atoms with Gasteiger partial charge in [-0.05, 0) is 18.2 Å². The number of amides is 2. The zero-order valence-electron chi connectivity index (χ0n) is 10.8. The third kappa shape index (κ3) is 2.39. The Labute approximate surface area is 110 Å². The van der Waals surface area contributed by atoms with Crippen LogP contribution in [0.2, 0.25) is 0 Å². The second kappa shape index (κ2) is 4.89. The summed E-state index contributed by atoms with van der Waals surface area (Å²) in [6.45, 7) is 1.60. The van der Waals surface area contributed by atoms with E-state index in [1.807, 2.05) is 0 Å². The second-order valence-corrected chi connectivity index (χ2v) is 4.46. The lowest BCUT2D eigenvalue weighted by Crippen LogP contribution is -2.38. The van der Waals surface area contributed by atoms with Gasteiger partial charge < -0.3 is 20.5 Å². The molecule has 1 aromatic carbocycles. The maximum atomic E-state index is 11.9. The minimum Gasteiger partial charge on any atom is -0.497 e. The van der Waals surface area contributed by atoms with Crippen LogP contribution in [0.4, 0.5) is 5.69 Å². The van der Waals surface area contributed by atoms with Crippen LogP contribution in [0.3, 0.4) is 0 Å². The SMILES string of the molecule is COc1ccc2c(c1)C(O)(CCNC(C)=O)C(=O)N2. The lowest BCUT2D eigenvalue weighted by molar-refractivity contribution is -0.134. The predicted octanol–water partition coefficient (Wildman–Crippen LogP) is 0.361. The molecule has 1 aliphatic rings. The van der Waals surface area contributed by atoms with E-state index in [-0.39, 0.29) is 18.9 Å². The third-order valence-electron chi connectivity index (χ3n) is 3.16. The summed E-state index contributed by atoms with van der Waals surface area (Å²) in [4.78, 5) is 22.7. The summed E-state index contributed by atoms with van der Waals surface area (Å²) in [5, 5.41) is 15.7. The zero-order chi connectivity index (χ0) is 14.0. The molecule has 6 heteroatoms. The van der Waals surface area contributed by atoms with Crippen molar-refractivity contribution in [3.63, 3.8) is 0 Å². The van der Waals surface area contributed by atoms with Gasteiger partial charge in [-0.15, -0.1) is 0 Å². The van der Waals surface area contributed by atoms with Crippen LogP contribution in [0.15, 0.2) is 18.2 Å². The summed E-state index contributed by atoms with van der Waals surface area (Å²) in [7, 11) is 1.52. The number of carbonyl (C=O) groups excluding carboxylic acids is 2. The van der Waals surface area contributed by atoms with Crippen LogP contribution in [0.5, 0.6) is 5.75 Å². The smallest absolute Gasteiger partial charge is 0.261 e. The Bertz CT molecular complexity index is 529. The summed E-state index contributed by atoms with van der Waals surface area (Å²) >= 11 is 0. The van der Waals surface area contributed by atoms with Crippen LogP contribution < -0.4 is 15.4 Å². The first kappa shape index (κ1) is 13.4. The van der Waals surface area contributed by atoms with E-state index < -0.39 is 11.5 Å². The van der Waals surface area contributed by atoms with Gasteiger partial charge in [0.25, 0.3) is 5.91 Å². The number of fused-ring (bicyclic) bond motifs is 1. The van der Waals surface area contributed by atoms with E-state index in [2.05, 4.69) is 10.6 Å². The fraction of sp³-hybridized carbons (Fsp3) is 0.385. The molecular weight excluding hydrogens is 248 g/mol. The van der Waals surface area contributed by atoms with Crippen molar-refractivity contribution >= 4 is 17.5 Å². The number of methoxy groups -OCH3 is 1. The highest BCUT2D eigenvalue weighted by Gasteiger charge is 2.45. The monoisotopic (exact) mass is 264 g/mol. The summed E-state index contributed by atoms with van der Waals surface area (Å²) < 4.78 is 5.09. The summed E-state index contributed by atoms with van der Waals surface area (Å²) in [6, 6.07) is 5.02. The molecule has 1 aromatic rings. The maximum Gasteiger partial charge on any atom is 0.261 e. The Hall–Kier alpha value is -2.08. The van der Waals surface area contributed by atoms with E-state index in [9.17, 15) is 14.7 Å². The molecule has 19 heavy (non-hydrogen) atoms. The highest BCUT2D eigenvalue weighted by molar-refractivity contribution is 6.05. The van der Waals surface area contributed by atoms with Crippen molar-refractivity contribution in [3.8, 4) is 5.75 Å². The van der Waals surface area contributed by atoms with Crippen molar-refractivity contribution < 1.29 is 19.4 Å². The number of ether oxygens (including phenoxy) is 1. The number of anilines is 1. The summed E-state index contributed by atoms with van der Waals surface area (Å²) in [5.41, 5.74) is -0.592. The van der Waals surface area contributed by atoms with Crippen molar-refractivity contribution in [3.05, 3.63) is 23.8 Å². The molecule has 0 saturated heterocycles. The van der Waals surface area contributed by atoms with E-state index >= 15 is 0 Å². The van der Waals surface area contributed by atoms with Crippen LogP contribution >= 0.6 is 0 Å². The highest BCUT2D eigenvalue weighted by Crippen LogP contribution is 2.39. The molecule has 0 fully saturated rings. The molecule has 0 aliphatic carbocycles. The molecule has 3 N–H and O–H groups in total. The Balaban J connectivity index is 2.26. The highest BCUT2D eigenvalue weighted by atomic mass is 16.5. The van der Waals surface area contributed by atoms with Gasteiger partial charge in [0.1, 0.15) is 5.75 Å². The largest absolute Gasteiger partial charge is 0.497 e. The number of rotatable bonds is 4. The topological polar surface area (TPSA) is 87.7 Å². The minimum absolute atomic E-state index is 0.110.